The summed E-state index contributed by atoms with van der Waals surface area (Å²) in [6.07, 6.45) is 1.36. The van der Waals surface area contributed by atoms with Crippen molar-refractivity contribution >= 4 is 0 Å². The van der Waals surface area contributed by atoms with Crippen LogP contribution >= 0.6 is 0 Å². The first-order valence-electron chi connectivity index (χ1n) is 3.85. The highest BCUT2D eigenvalue weighted by molar-refractivity contribution is 5.02. The maximum atomic E-state index is 11.1. The highest BCUT2D eigenvalue weighted by Gasteiger charge is 2.00. The second kappa shape index (κ2) is 3.38. The molecule has 0 bridgehead atoms. The van der Waals surface area contributed by atoms with Crippen molar-refractivity contribution in [3.05, 3.63) is 22.7 Å². The van der Waals surface area contributed by atoms with Crippen LogP contribution in [0.25, 0.3) is 0 Å². The highest BCUT2D eigenvalue weighted by Crippen LogP contribution is 1.98. The minimum absolute atomic E-state index is 0.212. The number of hydrogen-bond acceptors (Lipinski definition) is 3. The predicted octanol–water partition coefficient (Wildman–Crippen LogP) is 0.605. The molecule has 0 radical (unpaired) electrons. The molecule has 0 atom stereocenters. The van der Waals surface area contributed by atoms with Gasteiger partial charge in [-0.25, -0.2) is 4.98 Å². The third-order valence-corrected chi connectivity index (χ3v) is 1.43. The van der Waals surface area contributed by atoms with Gasteiger partial charge in [-0.2, -0.15) is 0 Å². The molecular weight excluding hydrogens is 156 g/mol. The minimum Gasteiger partial charge on any atom is -0.493 e. The Kier molecular flexibility index (Phi) is 2.47. The van der Waals surface area contributed by atoms with E-state index in [2.05, 4.69) is 4.98 Å². The number of aromatic hydroxyl groups is 1. The normalized spacial score (nSPS) is 10.6. The summed E-state index contributed by atoms with van der Waals surface area (Å²) >= 11 is 0. The van der Waals surface area contributed by atoms with Crippen molar-refractivity contribution < 1.29 is 5.11 Å². The molecule has 0 aliphatic heterocycles. The Bertz CT molecular complexity index is 317. The Morgan fingerprint density at radius 1 is 1.67 bits per heavy atom. The second-order valence-corrected chi connectivity index (χ2v) is 3.13. The molecule has 4 nitrogen and oxygen atoms in total. The van der Waals surface area contributed by atoms with Crippen LogP contribution in [0.4, 0.5) is 0 Å². The molecular formula is C8H12N2O2. The first-order chi connectivity index (χ1) is 5.59. The molecule has 0 amide bonds. The van der Waals surface area contributed by atoms with Crippen LogP contribution in [0.2, 0.25) is 0 Å². The number of aromatic nitrogens is 2. The minimum atomic E-state index is -0.222. The van der Waals surface area contributed by atoms with Crippen LogP contribution in [0.5, 0.6) is 5.88 Å². The Labute approximate surface area is 70.5 Å². The van der Waals surface area contributed by atoms with Crippen LogP contribution in [0.1, 0.15) is 13.8 Å². The summed E-state index contributed by atoms with van der Waals surface area (Å²) in [6, 6.07) is 1.11. The van der Waals surface area contributed by atoms with Crippen LogP contribution in [0.15, 0.2) is 17.2 Å². The molecule has 0 aromatic carbocycles. The average Bonchev–Trinajstić information content (AvgIpc) is 1.94. The van der Waals surface area contributed by atoms with Crippen molar-refractivity contribution in [3.63, 3.8) is 0 Å². The first kappa shape index (κ1) is 8.77. The lowest BCUT2D eigenvalue weighted by atomic mass is 10.2. The summed E-state index contributed by atoms with van der Waals surface area (Å²) in [4.78, 5) is 14.8. The molecule has 66 valence electrons. The van der Waals surface area contributed by atoms with Gasteiger partial charge in [0.1, 0.15) is 6.33 Å². The predicted molar refractivity (Wildman–Crippen MR) is 45.0 cm³/mol. The van der Waals surface area contributed by atoms with Crippen molar-refractivity contribution in [2.45, 2.75) is 20.4 Å². The van der Waals surface area contributed by atoms with E-state index in [1.807, 2.05) is 13.8 Å². The average molecular weight is 168 g/mol. The van der Waals surface area contributed by atoms with Gasteiger partial charge in [0, 0.05) is 6.54 Å². The van der Waals surface area contributed by atoms with E-state index in [1.165, 1.54) is 10.9 Å². The molecule has 0 fully saturated rings. The summed E-state index contributed by atoms with van der Waals surface area (Å²) in [5.74, 6) is 0.175. The zero-order valence-electron chi connectivity index (χ0n) is 7.19. The lowest BCUT2D eigenvalue weighted by molar-refractivity contribution is 0.437. The summed E-state index contributed by atoms with van der Waals surface area (Å²) in [6.45, 7) is 4.66. The van der Waals surface area contributed by atoms with Gasteiger partial charge in [-0.15, -0.1) is 0 Å². The van der Waals surface area contributed by atoms with Crippen molar-refractivity contribution in [1.29, 1.82) is 0 Å². The van der Waals surface area contributed by atoms with E-state index in [4.69, 9.17) is 5.11 Å². The van der Waals surface area contributed by atoms with Crippen LogP contribution < -0.4 is 5.56 Å². The van der Waals surface area contributed by atoms with Crippen LogP contribution in [0.3, 0.4) is 0 Å². The molecule has 0 saturated heterocycles. The van der Waals surface area contributed by atoms with Crippen molar-refractivity contribution in [3.8, 4) is 5.88 Å². The Morgan fingerprint density at radius 3 is 2.83 bits per heavy atom. The van der Waals surface area contributed by atoms with Crippen molar-refractivity contribution in [2.24, 2.45) is 5.92 Å². The lowest BCUT2D eigenvalue weighted by Gasteiger charge is -2.06. The van der Waals surface area contributed by atoms with Crippen LogP contribution in [0, 0.1) is 5.92 Å². The molecule has 1 aromatic rings. The molecule has 1 N–H and O–H groups in total. The molecule has 12 heavy (non-hydrogen) atoms. The Morgan fingerprint density at radius 2 is 2.33 bits per heavy atom. The van der Waals surface area contributed by atoms with E-state index in [9.17, 15) is 4.79 Å². The standard InChI is InChI=1S/C8H12N2O2/c1-6(2)4-10-5-9-7(11)3-8(10)12/h3,5-6,11H,4H2,1-2H3. The maximum Gasteiger partial charge on any atom is 0.257 e. The SMILES string of the molecule is CC(C)Cn1cnc(O)cc1=O. The van der Waals surface area contributed by atoms with Crippen LogP contribution in [-0.4, -0.2) is 14.7 Å². The number of hydrogen-bond donors (Lipinski definition) is 1. The Balaban J connectivity index is 2.94. The van der Waals surface area contributed by atoms with Gasteiger partial charge in [-0.3, -0.25) is 9.36 Å². The largest absolute Gasteiger partial charge is 0.493 e. The van der Waals surface area contributed by atoms with Gasteiger partial charge < -0.3 is 5.11 Å². The van der Waals surface area contributed by atoms with Gasteiger partial charge >= 0.3 is 0 Å². The highest BCUT2D eigenvalue weighted by atomic mass is 16.3. The first-order valence-corrected chi connectivity index (χ1v) is 3.85. The van der Waals surface area contributed by atoms with Crippen molar-refractivity contribution in [2.75, 3.05) is 0 Å². The zero-order valence-corrected chi connectivity index (χ0v) is 7.19. The molecule has 0 unspecified atom stereocenters. The van der Waals surface area contributed by atoms with Gasteiger partial charge in [-0.1, -0.05) is 13.8 Å². The van der Waals surface area contributed by atoms with E-state index >= 15 is 0 Å². The van der Waals surface area contributed by atoms with Crippen molar-refractivity contribution in [1.82, 2.24) is 9.55 Å². The van der Waals surface area contributed by atoms with E-state index < -0.39 is 0 Å². The molecule has 0 spiro atoms. The second-order valence-electron chi connectivity index (χ2n) is 3.13. The third kappa shape index (κ3) is 2.08. The molecule has 1 rings (SSSR count). The fourth-order valence-electron chi connectivity index (χ4n) is 0.947. The topological polar surface area (TPSA) is 55.1 Å². The summed E-state index contributed by atoms with van der Waals surface area (Å²) in [5, 5.41) is 8.85. The monoisotopic (exact) mass is 168 g/mol. The summed E-state index contributed by atoms with van der Waals surface area (Å²) in [7, 11) is 0. The molecule has 0 saturated carbocycles. The smallest absolute Gasteiger partial charge is 0.257 e. The molecule has 0 aliphatic rings. The summed E-state index contributed by atoms with van der Waals surface area (Å²) in [5.41, 5.74) is -0.212. The quantitative estimate of drug-likeness (QED) is 0.703. The lowest BCUT2D eigenvalue weighted by Crippen LogP contribution is -2.21. The maximum absolute atomic E-state index is 11.1. The summed E-state index contributed by atoms with van der Waals surface area (Å²) < 4.78 is 1.48. The van der Waals surface area contributed by atoms with Gasteiger partial charge in [-0.05, 0) is 5.92 Å². The number of rotatable bonds is 2. The number of nitrogens with zero attached hydrogens (tertiary/aromatic N) is 2. The fourth-order valence-corrected chi connectivity index (χ4v) is 0.947. The molecule has 1 heterocycles. The zero-order chi connectivity index (χ0) is 9.14. The van der Waals surface area contributed by atoms with E-state index in [-0.39, 0.29) is 11.4 Å². The molecule has 4 heteroatoms. The van der Waals surface area contributed by atoms with Gasteiger partial charge in [0.05, 0.1) is 6.07 Å². The fraction of sp³-hybridized carbons (Fsp3) is 0.500. The van der Waals surface area contributed by atoms with Gasteiger partial charge in [0.15, 0.2) is 0 Å². The third-order valence-electron chi connectivity index (χ3n) is 1.43. The Hall–Kier alpha value is -1.32. The molecule has 0 aliphatic carbocycles. The van der Waals surface area contributed by atoms with Gasteiger partial charge in [0.2, 0.25) is 5.88 Å². The molecule has 1 aromatic heterocycles. The van der Waals surface area contributed by atoms with E-state index in [1.54, 1.807) is 0 Å². The van der Waals surface area contributed by atoms with E-state index in [0.29, 0.717) is 12.5 Å². The van der Waals surface area contributed by atoms with Crippen LogP contribution in [-0.2, 0) is 6.54 Å². The van der Waals surface area contributed by atoms with E-state index in [0.717, 1.165) is 6.07 Å². The van der Waals surface area contributed by atoms with Gasteiger partial charge in [0.25, 0.3) is 5.56 Å².